The summed E-state index contributed by atoms with van der Waals surface area (Å²) in [6.07, 6.45) is -0.479. The lowest BCUT2D eigenvalue weighted by Crippen LogP contribution is -2.52. The van der Waals surface area contributed by atoms with E-state index < -0.39 is 61.3 Å². The molecule has 0 rings (SSSR count). The van der Waals surface area contributed by atoms with Gasteiger partial charge in [-0.1, -0.05) is 13.8 Å². The Balaban J connectivity index is 4.64. The maximum Gasteiger partial charge on any atom is 0.326 e. The van der Waals surface area contributed by atoms with Gasteiger partial charge in [-0.3, -0.25) is 19.2 Å². The molecule has 3 amide bonds. The van der Waals surface area contributed by atoms with E-state index in [4.69, 9.17) is 15.9 Å². The average molecular weight is 360 g/mol. The molecule has 11 nitrogen and oxygen atoms in total. The third kappa shape index (κ3) is 9.91. The van der Waals surface area contributed by atoms with E-state index in [0.717, 1.165) is 0 Å². The number of hydrogen-bond acceptors (Lipinski definition) is 6. The molecule has 0 aliphatic carbocycles. The number of carboxylic acid groups (broad SMARTS) is 2. The van der Waals surface area contributed by atoms with Gasteiger partial charge in [0.05, 0.1) is 19.5 Å². The standard InChI is InChI=1S/C14H24N4O7/c1-7(2)3-9(14(24)25)18-11(20)6-16-13(23)8(4-12(21)22)17-10(19)5-15/h7-9H,3-6,15H2,1-2H3,(H,16,23)(H,17,19)(H,18,20)(H,21,22)(H,24,25). The zero-order chi connectivity index (χ0) is 19.6. The second kappa shape index (κ2) is 11.0. The highest BCUT2D eigenvalue weighted by atomic mass is 16.4. The van der Waals surface area contributed by atoms with Crippen LogP contribution < -0.4 is 21.7 Å². The summed E-state index contributed by atoms with van der Waals surface area (Å²) in [4.78, 5) is 56.7. The number of nitrogens with one attached hydrogen (secondary N) is 3. The van der Waals surface area contributed by atoms with Gasteiger partial charge in [0.25, 0.3) is 0 Å². The summed E-state index contributed by atoms with van der Waals surface area (Å²) in [5.74, 6) is -4.87. The highest BCUT2D eigenvalue weighted by Gasteiger charge is 2.25. The van der Waals surface area contributed by atoms with Crippen LogP contribution in [-0.4, -0.2) is 65.0 Å². The van der Waals surface area contributed by atoms with Gasteiger partial charge in [0.1, 0.15) is 12.1 Å². The molecular formula is C14H24N4O7. The van der Waals surface area contributed by atoms with Crippen LogP contribution in [0.1, 0.15) is 26.7 Å². The lowest BCUT2D eigenvalue weighted by Gasteiger charge is -2.18. The van der Waals surface area contributed by atoms with Crippen LogP contribution in [0.5, 0.6) is 0 Å². The van der Waals surface area contributed by atoms with Gasteiger partial charge in [0, 0.05) is 0 Å². The molecule has 11 heteroatoms. The molecule has 0 aromatic rings. The van der Waals surface area contributed by atoms with E-state index in [1.54, 1.807) is 13.8 Å². The fourth-order valence-electron chi connectivity index (χ4n) is 1.87. The molecule has 142 valence electrons. The first-order valence-corrected chi connectivity index (χ1v) is 7.57. The quantitative estimate of drug-likeness (QED) is 0.236. The Bertz CT molecular complexity index is 521. The van der Waals surface area contributed by atoms with Crippen molar-refractivity contribution in [1.82, 2.24) is 16.0 Å². The Labute approximate surface area is 144 Å². The van der Waals surface area contributed by atoms with Crippen LogP contribution >= 0.6 is 0 Å². The number of amides is 3. The fourth-order valence-corrected chi connectivity index (χ4v) is 1.87. The van der Waals surface area contributed by atoms with Crippen molar-refractivity contribution >= 4 is 29.7 Å². The van der Waals surface area contributed by atoms with E-state index in [-0.39, 0.29) is 12.3 Å². The van der Waals surface area contributed by atoms with Crippen LogP contribution in [-0.2, 0) is 24.0 Å². The molecule has 0 aromatic heterocycles. The van der Waals surface area contributed by atoms with Gasteiger partial charge in [-0.25, -0.2) is 4.79 Å². The van der Waals surface area contributed by atoms with E-state index >= 15 is 0 Å². The molecule has 2 unspecified atom stereocenters. The van der Waals surface area contributed by atoms with Crippen molar-refractivity contribution in [2.45, 2.75) is 38.8 Å². The Morgan fingerprint density at radius 3 is 1.96 bits per heavy atom. The number of carbonyl (C=O) groups is 5. The minimum absolute atomic E-state index is 0.0300. The molecule has 25 heavy (non-hydrogen) atoms. The normalized spacial score (nSPS) is 12.8. The third-order valence-electron chi connectivity index (χ3n) is 2.98. The Morgan fingerprint density at radius 2 is 1.52 bits per heavy atom. The summed E-state index contributed by atoms with van der Waals surface area (Å²) in [7, 11) is 0. The number of carbonyl (C=O) groups excluding carboxylic acids is 3. The van der Waals surface area contributed by atoms with Crippen molar-refractivity contribution in [2.24, 2.45) is 11.7 Å². The third-order valence-corrected chi connectivity index (χ3v) is 2.98. The van der Waals surface area contributed by atoms with Crippen LogP contribution in [0.15, 0.2) is 0 Å². The van der Waals surface area contributed by atoms with Crippen molar-refractivity contribution in [3.63, 3.8) is 0 Å². The van der Waals surface area contributed by atoms with Crippen molar-refractivity contribution in [3.8, 4) is 0 Å². The van der Waals surface area contributed by atoms with Crippen molar-refractivity contribution in [3.05, 3.63) is 0 Å². The molecule has 0 bridgehead atoms. The van der Waals surface area contributed by atoms with Gasteiger partial charge in [-0.15, -0.1) is 0 Å². The molecule has 0 aromatic carbocycles. The van der Waals surface area contributed by atoms with E-state index in [9.17, 15) is 24.0 Å². The number of carboxylic acids is 2. The van der Waals surface area contributed by atoms with Crippen molar-refractivity contribution in [1.29, 1.82) is 0 Å². The minimum Gasteiger partial charge on any atom is -0.481 e. The minimum atomic E-state index is -1.40. The Hall–Kier alpha value is -2.69. The summed E-state index contributed by atoms with van der Waals surface area (Å²) in [5, 5.41) is 24.3. The van der Waals surface area contributed by atoms with E-state index in [2.05, 4.69) is 16.0 Å². The van der Waals surface area contributed by atoms with Gasteiger partial charge < -0.3 is 31.9 Å². The molecule has 0 spiro atoms. The maximum atomic E-state index is 11.9. The maximum absolute atomic E-state index is 11.9. The SMILES string of the molecule is CC(C)CC(NC(=O)CNC(=O)C(CC(=O)O)NC(=O)CN)C(=O)O. The van der Waals surface area contributed by atoms with Gasteiger partial charge in [-0.05, 0) is 12.3 Å². The molecule has 0 saturated carbocycles. The zero-order valence-electron chi connectivity index (χ0n) is 14.1. The van der Waals surface area contributed by atoms with Crippen LogP contribution in [0.2, 0.25) is 0 Å². The van der Waals surface area contributed by atoms with Gasteiger partial charge in [0.2, 0.25) is 17.7 Å². The molecular weight excluding hydrogens is 336 g/mol. The Morgan fingerprint density at radius 1 is 0.960 bits per heavy atom. The smallest absolute Gasteiger partial charge is 0.326 e. The second-order valence-electron chi connectivity index (χ2n) is 5.73. The van der Waals surface area contributed by atoms with E-state index in [1.807, 2.05) is 0 Å². The summed E-state index contributed by atoms with van der Waals surface area (Å²) < 4.78 is 0. The number of rotatable bonds is 11. The summed E-state index contributed by atoms with van der Waals surface area (Å²) in [5.41, 5.74) is 5.09. The summed E-state index contributed by atoms with van der Waals surface area (Å²) in [6, 6.07) is -2.50. The number of hydrogen-bond donors (Lipinski definition) is 6. The van der Waals surface area contributed by atoms with Crippen LogP contribution in [0.3, 0.4) is 0 Å². The highest BCUT2D eigenvalue weighted by molar-refractivity contribution is 5.93. The Kier molecular flexibility index (Phi) is 9.79. The molecule has 0 radical (unpaired) electrons. The van der Waals surface area contributed by atoms with Gasteiger partial charge in [-0.2, -0.15) is 0 Å². The second-order valence-corrected chi connectivity index (χ2v) is 5.73. The lowest BCUT2D eigenvalue weighted by atomic mass is 10.0. The molecule has 0 aliphatic rings. The predicted molar refractivity (Wildman–Crippen MR) is 85.3 cm³/mol. The van der Waals surface area contributed by atoms with Gasteiger partial charge in [0.15, 0.2) is 0 Å². The topological polar surface area (TPSA) is 188 Å². The first-order valence-electron chi connectivity index (χ1n) is 7.57. The zero-order valence-corrected chi connectivity index (χ0v) is 14.1. The average Bonchev–Trinajstić information content (AvgIpc) is 2.50. The van der Waals surface area contributed by atoms with E-state index in [0.29, 0.717) is 0 Å². The summed E-state index contributed by atoms with van der Waals surface area (Å²) >= 11 is 0. The van der Waals surface area contributed by atoms with Crippen molar-refractivity contribution in [2.75, 3.05) is 13.1 Å². The number of nitrogens with two attached hydrogens (primary N) is 1. The lowest BCUT2D eigenvalue weighted by molar-refractivity contribution is -0.142. The molecule has 0 saturated heterocycles. The molecule has 0 fully saturated rings. The first-order chi connectivity index (χ1) is 11.6. The van der Waals surface area contributed by atoms with Crippen LogP contribution in [0.25, 0.3) is 0 Å². The highest BCUT2D eigenvalue weighted by Crippen LogP contribution is 2.04. The summed E-state index contributed by atoms with van der Waals surface area (Å²) in [6.45, 7) is 2.59. The molecule has 7 N–H and O–H groups in total. The van der Waals surface area contributed by atoms with E-state index in [1.165, 1.54) is 0 Å². The predicted octanol–water partition coefficient (Wildman–Crippen LogP) is -2.36. The van der Waals surface area contributed by atoms with Crippen LogP contribution in [0, 0.1) is 5.92 Å². The largest absolute Gasteiger partial charge is 0.481 e. The van der Waals surface area contributed by atoms with Crippen molar-refractivity contribution < 1.29 is 34.2 Å². The number of aliphatic carboxylic acids is 2. The molecule has 0 aliphatic heterocycles. The monoisotopic (exact) mass is 360 g/mol. The first kappa shape index (κ1) is 22.3. The van der Waals surface area contributed by atoms with Crippen LogP contribution in [0.4, 0.5) is 0 Å². The fraction of sp³-hybridized carbons (Fsp3) is 0.643. The molecule has 0 heterocycles. The molecule has 2 atom stereocenters. The van der Waals surface area contributed by atoms with Gasteiger partial charge >= 0.3 is 11.9 Å².